The van der Waals surface area contributed by atoms with Crippen molar-refractivity contribution in [2.45, 2.75) is 33.1 Å². The van der Waals surface area contributed by atoms with Crippen LogP contribution in [0.5, 0.6) is 0 Å². The first-order valence-electron chi connectivity index (χ1n) is 5.06. The van der Waals surface area contributed by atoms with Crippen molar-refractivity contribution in [1.29, 1.82) is 0 Å². The number of nitrogens with zero attached hydrogens (tertiary/aromatic N) is 1. The van der Waals surface area contributed by atoms with Gasteiger partial charge in [-0.2, -0.15) is 0 Å². The van der Waals surface area contributed by atoms with Crippen molar-refractivity contribution in [3.05, 3.63) is 21.4 Å². The van der Waals surface area contributed by atoms with E-state index in [1.54, 1.807) is 30.3 Å². The quantitative estimate of drug-likeness (QED) is 0.719. The Kier molecular flexibility index (Phi) is 3.24. The minimum atomic E-state index is 0.0965. The lowest BCUT2D eigenvalue weighted by Crippen LogP contribution is -2.21. The summed E-state index contributed by atoms with van der Waals surface area (Å²) in [5, 5.41) is 0. The second-order valence-electron chi connectivity index (χ2n) is 5.03. The number of thiophene rings is 1. The maximum absolute atomic E-state index is 11.8. The van der Waals surface area contributed by atoms with E-state index in [0.29, 0.717) is 0 Å². The predicted molar refractivity (Wildman–Crippen MR) is 65.8 cm³/mol. The average Bonchev–Trinajstić information content (AvgIpc) is 2.45. The average molecular weight is 225 g/mol. The smallest absolute Gasteiger partial charge is 0.254 e. The molecule has 0 bridgehead atoms. The first kappa shape index (κ1) is 12.2. The number of rotatable bonds is 1. The van der Waals surface area contributed by atoms with E-state index in [1.807, 2.05) is 13.0 Å². The molecule has 15 heavy (non-hydrogen) atoms. The van der Waals surface area contributed by atoms with Gasteiger partial charge in [0.2, 0.25) is 0 Å². The summed E-state index contributed by atoms with van der Waals surface area (Å²) in [5.41, 5.74) is 0.968. The Labute approximate surface area is 95.9 Å². The maximum Gasteiger partial charge on any atom is 0.254 e. The Morgan fingerprint density at radius 2 is 1.87 bits per heavy atom. The van der Waals surface area contributed by atoms with Gasteiger partial charge >= 0.3 is 0 Å². The van der Waals surface area contributed by atoms with Crippen LogP contribution in [0.1, 0.15) is 40.9 Å². The largest absolute Gasteiger partial charge is 0.345 e. The van der Waals surface area contributed by atoms with Crippen LogP contribution in [0.25, 0.3) is 0 Å². The van der Waals surface area contributed by atoms with Crippen molar-refractivity contribution < 1.29 is 4.79 Å². The highest BCUT2D eigenvalue weighted by Gasteiger charge is 2.21. The van der Waals surface area contributed by atoms with Crippen molar-refractivity contribution in [1.82, 2.24) is 4.90 Å². The second-order valence-corrected chi connectivity index (χ2v) is 6.29. The molecule has 0 atom stereocenters. The van der Waals surface area contributed by atoms with Gasteiger partial charge in [-0.25, -0.2) is 0 Å². The molecule has 1 aromatic rings. The molecule has 84 valence electrons. The second kappa shape index (κ2) is 3.97. The van der Waals surface area contributed by atoms with Crippen LogP contribution in [0.4, 0.5) is 0 Å². The lowest BCUT2D eigenvalue weighted by molar-refractivity contribution is 0.0827. The molecule has 0 fully saturated rings. The summed E-state index contributed by atoms with van der Waals surface area (Å²) < 4.78 is 0. The van der Waals surface area contributed by atoms with Gasteiger partial charge in [0.25, 0.3) is 5.91 Å². The minimum Gasteiger partial charge on any atom is -0.345 e. The topological polar surface area (TPSA) is 20.3 Å². The summed E-state index contributed by atoms with van der Waals surface area (Å²) >= 11 is 1.72. The van der Waals surface area contributed by atoms with Crippen LogP contribution < -0.4 is 0 Å². The number of amides is 1. The zero-order valence-corrected chi connectivity index (χ0v) is 11.2. The number of carbonyl (C=O) groups is 1. The van der Waals surface area contributed by atoms with Gasteiger partial charge in [0.15, 0.2) is 0 Å². The number of hydrogen-bond acceptors (Lipinski definition) is 2. The van der Waals surface area contributed by atoms with E-state index >= 15 is 0 Å². The van der Waals surface area contributed by atoms with E-state index < -0.39 is 0 Å². The summed E-state index contributed by atoms with van der Waals surface area (Å²) in [6, 6.07) is 2.03. The minimum absolute atomic E-state index is 0.0965. The maximum atomic E-state index is 11.8. The Bertz CT molecular complexity index is 371. The Morgan fingerprint density at radius 1 is 1.33 bits per heavy atom. The van der Waals surface area contributed by atoms with E-state index in [-0.39, 0.29) is 11.3 Å². The molecule has 1 rings (SSSR count). The lowest BCUT2D eigenvalue weighted by atomic mass is 9.94. The van der Waals surface area contributed by atoms with Crippen LogP contribution in [0.3, 0.4) is 0 Å². The van der Waals surface area contributed by atoms with Gasteiger partial charge in [0, 0.05) is 23.8 Å². The molecule has 1 amide bonds. The summed E-state index contributed by atoms with van der Waals surface area (Å²) in [7, 11) is 3.58. The molecule has 3 heteroatoms. The Hall–Kier alpha value is -0.830. The molecule has 0 spiro atoms. The number of aryl methyl sites for hydroxylation is 1. The molecule has 0 aromatic carbocycles. The first-order chi connectivity index (χ1) is 6.73. The van der Waals surface area contributed by atoms with Crippen molar-refractivity contribution in [3.8, 4) is 0 Å². The van der Waals surface area contributed by atoms with Crippen molar-refractivity contribution in [2.75, 3.05) is 14.1 Å². The van der Waals surface area contributed by atoms with Gasteiger partial charge < -0.3 is 4.90 Å². The zero-order valence-electron chi connectivity index (χ0n) is 10.3. The first-order valence-corrected chi connectivity index (χ1v) is 5.87. The van der Waals surface area contributed by atoms with Gasteiger partial charge in [-0.15, -0.1) is 11.3 Å². The van der Waals surface area contributed by atoms with Gasteiger partial charge in [0.1, 0.15) is 0 Å². The third-order valence-electron chi connectivity index (χ3n) is 2.29. The highest BCUT2D eigenvalue weighted by atomic mass is 32.1. The van der Waals surface area contributed by atoms with Crippen LogP contribution in [0.2, 0.25) is 0 Å². The van der Waals surface area contributed by atoms with Crippen molar-refractivity contribution in [2.24, 2.45) is 0 Å². The van der Waals surface area contributed by atoms with E-state index in [4.69, 9.17) is 0 Å². The van der Waals surface area contributed by atoms with Gasteiger partial charge in [-0.1, -0.05) is 20.8 Å². The van der Waals surface area contributed by atoms with Crippen LogP contribution in [0.15, 0.2) is 6.07 Å². The molecular weight excluding hydrogens is 206 g/mol. The molecule has 0 unspecified atom stereocenters. The molecule has 2 nitrogen and oxygen atoms in total. The molecule has 0 aliphatic heterocycles. The fourth-order valence-corrected chi connectivity index (χ4v) is 2.37. The van der Waals surface area contributed by atoms with Crippen LogP contribution in [0, 0.1) is 6.92 Å². The molecule has 0 aliphatic rings. The number of carbonyl (C=O) groups excluding carboxylic acids is 1. The van der Waals surface area contributed by atoms with E-state index in [0.717, 1.165) is 10.4 Å². The molecular formula is C12H19NOS. The van der Waals surface area contributed by atoms with E-state index in [2.05, 4.69) is 20.8 Å². The van der Waals surface area contributed by atoms with Gasteiger partial charge in [-0.05, 0) is 18.4 Å². The Morgan fingerprint density at radius 3 is 2.20 bits per heavy atom. The molecule has 0 saturated carbocycles. The van der Waals surface area contributed by atoms with E-state index in [9.17, 15) is 4.79 Å². The Balaban J connectivity index is 3.13. The normalized spacial score (nSPS) is 11.6. The standard InChI is InChI=1S/C12H19NOS/c1-8-9(11(14)13(5)6)7-10(15-8)12(2,3)4/h7H,1-6H3. The van der Waals surface area contributed by atoms with Crippen molar-refractivity contribution >= 4 is 17.2 Å². The zero-order chi connectivity index (χ0) is 11.8. The lowest BCUT2D eigenvalue weighted by Gasteiger charge is -2.15. The third kappa shape index (κ3) is 2.59. The summed E-state index contributed by atoms with van der Waals surface area (Å²) in [6.45, 7) is 8.52. The third-order valence-corrected chi connectivity index (χ3v) is 3.77. The van der Waals surface area contributed by atoms with Crippen LogP contribution in [-0.4, -0.2) is 24.9 Å². The highest BCUT2D eigenvalue weighted by Crippen LogP contribution is 2.32. The fourth-order valence-electron chi connectivity index (χ4n) is 1.30. The predicted octanol–water partition coefficient (Wildman–Crippen LogP) is 3.06. The van der Waals surface area contributed by atoms with E-state index in [1.165, 1.54) is 4.88 Å². The summed E-state index contributed by atoms with van der Waals surface area (Å²) in [4.78, 5) is 15.8. The molecule has 1 aromatic heterocycles. The molecule has 1 heterocycles. The molecule has 0 saturated heterocycles. The highest BCUT2D eigenvalue weighted by molar-refractivity contribution is 7.12. The van der Waals surface area contributed by atoms with Gasteiger partial charge in [0.05, 0.1) is 5.56 Å². The fraction of sp³-hybridized carbons (Fsp3) is 0.583. The SMILES string of the molecule is Cc1sc(C(C)(C)C)cc1C(=O)N(C)C. The van der Waals surface area contributed by atoms with Crippen LogP contribution >= 0.6 is 11.3 Å². The number of hydrogen-bond donors (Lipinski definition) is 0. The molecule has 0 aliphatic carbocycles. The summed E-state index contributed by atoms with van der Waals surface area (Å²) in [6.07, 6.45) is 0. The summed E-state index contributed by atoms with van der Waals surface area (Å²) in [5.74, 6) is 0.0965. The van der Waals surface area contributed by atoms with Crippen LogP contribution in [-0.2, 0) is 5.41 Å². The van der Waals surface area contributed by atoms with Gasteiger partial charge in [-0.3, -0.25) is 4.79 Å². The molecule has 0 N–H and O–H groups in total. The molecule has 0 radical (unpaired) electrons. The van der Waals surface area contributed by atoms with Crippen molar-refractivity contribution in [3.63, 3.8) is 0 Å². The monoisotopic (exact) mass is 225 g/mol.